The molecule has 1 atom stereocenters. The number of nitrogens with zero attached hydrogens (tertiary/aromatic N) is 2. The Labute approximate surface area is 141 Å². The van der Waals surface area contributed by atoms with Gasteiger partial charge >= 0.3 is 0 Å². The Morgan fingerprint density at radius 1 is 1.35 bits per heavy atom. The normalized spacial score (nSPS) is 12.9. The van der Waals surface area contributed by atoms with Gasteiger partial charge in [0.05, 0.1) is 23.8 Å². The lowest BCUT2D eigenvalue weighted by molar-refractivity contribution is 0.414. The van der Waals surface area contributed by atoms with Gasteiger partial charge in [0.25, 0.3) is 15.7 Å². The number of aromatic nitrogens is 2. The molecule has 2 rings (SSSR count). The van der Waals surface area contributed by atoms with Crippen molar-refractivity contribution >= 4 is 26.0 Å². The quantitative estimate of drug-likeness (QED) is 0.767. The van der Waals surface area contributed by atoms with E-state index in [1.54, 1.807) is 31.4 Å². The van der Waals surface area contributed by atoms with Gasteiger partial charge in [-0.15, -0.1) is 0 Å². The van der Waals surface area contributed by atoms with E-state index in [0.29, 0.717) is 5.75 Å². The van der Waals surface area contributed by atoms with Gasteiger partial charge in [0.15, 0.2) is 0 Å². The molecule has 0 amide bonds. The number of rotatable bonds is 5. The first kappa shape index (κ1) is 17.6. The smallest absolute Gasteiger partial charge is 0.281 e. The minimum atomic E-state index is -4.30. The van der Waals surface area contributed by atoms with E-state index >= 15 is 0 Å². The maximum absolute atomic E-state index is 12.1. The van der Waals surface area contributed by atoms with Crippen LogP contribution in [0.15, 0.2) is 39.6 Å². The lowest BCUT2D eigenvalue weighted by Crippen LogP contribution is -2.26. The van der Waals surface area contributed by atoms with Crippen LogP contribution in [0.25, 0.3) is 0 Å². The highest BCUT2D eigenvalue weighted by molar-refractivity contribution is 9.10. The predicted octanol–water partition coefficient (Wildman–Crippen LogP) is 2.01. The fraction of sp³-hybridized carbons (Fsp3) is 0.286. The molecule has 23 heavy (non-hydrogen) atoms. The third kappa shape index (κ3) is 4.18. The highest BCUT2D eigenvalue weighted by Crippen LogP contribution is 2.20. The molecule has 7 nitrogen and oxygen atoms in total. The number of hydrogen-bond acceptors (Lipinski definition) is 5. The average Bonchev–Trinajstić information content (AvgIpc) is 2.50. The van der Waals surface area contributed by atoms with Crippen LogP contribution < -0.4 is 10.3 Å². The third-order valence-corrected chi connectivity index (χ3v) is 5.01. The van der Waals surface area contributed by atoms with E-state index in [1.165, 1.54) is 13.0 Å². The molecule has 0 fully saturated rings. The Balaban J connectivity index is 2.41. The molecular formula is C14H15BrN2O5S. The molecule has 0 aliphatic heterocycles. The second kappa shape index (κ2) is 6.81. The Hall–Kier alpha value is -1.71. The first-order valence-corrected chi connectivity index (χ1v) is 8.89. The first-order chi connectivity index (χ1) is 10.7. The number of methoxy groups -OCH3 is 1. The van der Waals surface area contributed by atoms with Gasteiger partial charge in [-0.05, 0) is 46.6 Å². The molecule has 0 saturated heterocycles. The van der Waals surface area contributed by atoms with E-state index in [9.17, 15) is 13.2 Å². The summed E-state index contributed by atoms with van der Waals surface area (Å²) in [4.78, 5) is 12.1. The van der Waals surface area contributed by atoms with Crippen LogP contribution in [0.2, 0.25) is 0 Å². The zero-order valence-electron chi connectivity index (χ0n) is 12.4. The second-order valence-electron chi connectivity index (χ2n) is 4.89. The summed E-state index contributed by atoms with van der Waals surface area (Å²) in [7, 11) is -2.75. The average molecular weight is 403 g/mol. The summed E-state index contributed by atoms with van der Waals surface area (Å²) in [5.74, 6) is 0.684. The molecular weight excluding hydrogens is 388 g/mol. The standard InChI is InChI=1S/C14H15BrN2O5S/c1-9(23(19,20)21)13-7-12(15)14(18)17(16-13)8-10-3-5-11(22-2)6-4-10/h3-7,9H,8H2,1-2H3,(H,19,20,21). The topological polar surface area (TPSA) is 98.5 Å². The molecule has 9 heteroatoms. The zero-order valence-corrected chi connectivity index (χ0v) is 14.8. The van der Waals surface area contributed by atoms with Crippen molar-refractivity contribution in [1.29, 1.82) is 0 Å². The summed E-state index contributed by atoms with van der Waals surface area (Å²) in [6.07, 6.45) is 0. The SMILES string of the molecule is COc1ccc(Cn2nc(C(C)S(=O)(=O)O)cc(Br)c2=O)cc1. The Bertz CT molecular complexity index is 862. The van der Waals surface area contributed by atoms with Gasteiger partial charge < -0.3 is 4.74 Å². The lowest BCUT2D eigenvalue weighted by atomic mass is 10.2. The molecule has 0 spiro atoms. The van der Waals surface area contributed by atoms with Gasteiger partial charge in [-0.3, -0.25) is 9.35 Å². The summed E-state index contributed by atoms with van der Waals surface area (Å²) in [6.45, 7) is 1.46. The van der Waals surface area contributed by atoms with Crippen molar-refractivity contribution in [1.82, 2.24) is 9.78 Å². The van der Waals surface area contributed by atoms with Gasteiger partial charge in [0, 0.05) is 0 Å². The highest BCUT2D eigenvalue weighted by atomic mass is 79.9. The zero-order chi connectivity index (χ0) is 17.2. The molecule has 1 heterocycles. The second-order valence-corrected chi connectivity index (χ2v) is 7.48. The third-order valence-electron chi connectivity index (χ3n) is 3.30. The van der Waals surface area contributed by atoms with Gasteiger partial charge in [-0.25, -0.2) is 4.68 Å². The molecule has 0 aliphatic rings. The molecule has 124 valence electrons. The van der Waals surface area contributed by atoms with E-state index < -0.39 is 20.9 Å². The lowest BCUT2D eigenvalue weighted by Gasteiger charge is -2.12. The van der Waals surface area contributed by atoms with E-state index in [0.717, 1.165) is 10.2 Å². The number of halogens is 1. The van der Waals surface area contributed by atoms with E-state index in [1.807, 2.05) is 0 Å². The largest absolute Gasteiger partial charge is 0.497 e. The molecule has 0 bridgehead atoms. The molecule has 1 N–H and O–H groups in total. The van der Waals surface area contributed by atoms with Gasteiger partial charge in [0.1, 0.15) is 11.0 Å². The van der Waals surface area contributed by atoms with Gasteiger partial charge in [0.2, 0.25) is 0 Å². The summed E-state index contributed by atoms with van der Waals surface area (Å²) in [5.41, 5.74) is 0.476. The van der Waals surface area contributed by atoms with Crippen LogP contribution in [0, 0.1) is 0 Å². The van der Waals surface area contributed by atoms with E-state index in [-0.39, 0.29) is 16.7 Å². The fourth-order valence-corrected chi connectivity index (χ4v) is 2.75. The number of hydrogen-bond donors (Lipinski definition) is 1. The van der Waals surface area contributed by atoms with Crippen LogP contribution in [-0.4, -0.2) is 29.9 Å². The molecule has 2 aromatic rings. The van der Waals surface area contributed by atoms with Gasteiger partial charge in [-0.2, -0.15) is 13.5 Å². The maximum Gasteiger partial charge on any atom is 0.281 e. The minimum absolute atomic E-state index is 0.0764. The number of benzene rings is 1. The van der Waals surface area contributed by atoms with Crippen molar-refractivity contribution in [2.75, 3.05) is 7.11 Å². The molecule has 0 radical (unpaired) electrons. The molecule has 1 aromatic heterocycles. The van der Waals surface area contributed by atoms with Crippen LogP contribution in [0.1, 0.15) is 23.4 Å². The summed E-state index contributed by atoms with van der Waals surface area (Å²) in [6, 6.07) is 8.35. The van der Waals surface area contributed by atoms with Crippen LogP contribution in [0.3, 0.4) is 0 Å². The van der Waals surface area contributed by atoms with Gasteiger partial charge in [-0.1, -0.05) is 12.1 Å². The number of ether oxygens (including phenoxy) is 1. The highest BCUT2D eigenvalue weighted by Gasteiger charge is 2.23. The van der Waals surface area contributed by atoms with Crippen LogP contribution in [0.4, 0.5) is 0 Å². The van der Waals surface area contributed by atoms with Crippen molar-refractivity contribution in [2.24, 2.45) is 0 Å². The first-order valence-electron chi connectivity index (χ1n) is 6.59. The summed E-state index contributed by atoms with van der Waals surface area (Å²) >= 11 is 3.10. The Morgan fingerprint density at radius 3 is 2.48 bits per heavy atom. The van der Waals surface area contributed by atoms with Crippen molar-refractivity contribution < 1.29 is 17.7 Å². The van der Waals surface area contributed by atoms with Crippen molar-refractivity contribution in [3.8, 4) is 5.75 Å². The van der Waals surface area contributed by atoms with Crippen LogP contribution in [0.5, 0.6) is 5.75 Å². The maximum atomic E-state index is 12.1. The van der Waals surface area contributed by atoms with Crippen molar-refractivity contribution in [3.05, 3.63) is 56.4 Å². The summed E-state index contributed by atoms with van der Waals surface area (Å²) < 4.78 is 38.1. The molecule has 1 aromatic carbocycles. The van der Waals surface area contributed by atoms with E-state index in [2.05, 4.69) is 21.0 Å². The van der Waals surface area contributed by atoms with E-state index in [4.69, 9.17) is 9.29 Å². The Kier molecular flexibility index (Phi) is 5.23. The molecule has 0 saturated carbocycles. The Morgan fingerprint density at radius 2 is 1.96 bits per heavy atom. The predicted molar refractivity (Wildman–Crippen MR) is 88.3 cm³/mol. The molecule has 1 unspecified atom stereocenters. The van der Waals surface area contributed by atoms with Crippen molar-refractivity contribution in [2.45, 2.75) is 18.7 Å². The van der Waals surface area contributed by atoms with Crippen molar-refractivity contribution in [3.63, 3.8) is 0 Å². The van der Waals surface area contributed by atoms with Crippen LogP contribution >= 0.6 is 15.9 Å². The fourth-order valence-electron chi connectivity index (χ4n) is 1.89. The summed E-state index contributed by atoms with van der Waals surface area (Å²) in [5, 5.41) is 2.81. The monoisotopic (exact) mass is 402 g/mol. The minimum Gasteiger partial charge on any atom is -0.497 e. The molecule has 0 aliphatic carbocycles. The van der Waals surface area contributed by atoms with Crippen LogP contribution in [-0.2, 0) is 16.7 Å².